The van der Waals surface area contributed by atoms with Crippen LogP contribution in [0.15, 0.2) is 83.1 Å². The first kappa shape index (κ1) is 22.5. The van der Waals surface area contributed by atoms with Crippen LogP contribution in [-0.4, -0.2) is 28.1 Å². The van der Waals surface area contributed by atoms with Gasteiger partial charge in [0.1, 0.15) is 11.5 Å². The molecule has 1 aliphatic heterocycles. The summed E-state index contributed by atoms with van der Waals surface area (Å²) in [6.45, 7) is 0. The monoisotopic (exact) mass is 518 g/mol. The Morgan fingerprint density at radius 2 is 1.58 bits per heavy atom. The summed E-state index contributed by atoms with van der Waals surface area (Å²) in [6.07, 6.45) is -1.93. The van der Waals surface area contributed by atoms with E-state index in [-0.39, 0.29) is 17.0 Å². The number of ketones is 1. The molecule has 0 bridgehead atoms. The summed E-state index contributed by atoms with van der Waals surface area (Å²) < 4.78 is 42.1. The molecule has 3 aromatic rings. The highest BCUT2D eigenvalue weighted by Crippen LogP contribution is 2.42. The standard InChI is InChI=1S/C23H14BrF3N2O4/c24-15-3-1-14(2-4-15)20(30)18-19(13-9-11-28-12-10-13)29(22(32)21(18)31)16-5-7-17(8-6-16)33-23(25,26)27/h1-12,19,30H/b20-18-. The molecule has 1 amide bonds. The van der Waals surface area contributed by atoms with Crippen molar-refractivity contribution in [3.63, 3.8) is 0 Å². The van der Waals surface area contributed by atoms with Gasteiger partial charge in [-0.3, -0.25) is 19.5 Å². The van der Waals surface area contributed by atoms with Gasteiger partial charge in [0.25, 0.3) is 11.7 Å². The van der Waals surface area contributed by atoms with E-state index in [0.717, 1.165) is 21.5 Å². The number of anilines is 1. The number of carbonyl (C=O) groups excluding carboxylic acids is 2. The summed E-state index contributed by atoms with van der Waals surface area (Å²) >= 11 is 3.30. The lowest BCUT2D eigenvalue weighted by Gasteiger charge is -2.25. The first-order valence-corrected chi connectivity index (χ1v) is 10.3. The number of ether oxygens (including phenoxy) is 1. The van der Waals surface area contributed by atoms with Crippen LogP contribution in [0.3, 0.4) is 0 Å². The molecule has 33 heavy (non-hydrogen) atoms. The van der Waals surface area contributed by atoms with Crippen LogP contribution in [0.5, 0.6) is 5.75 Å². The van der Waals surface area contributed by atoms with Crippen LogP contribution in [0.2, 0.25) is 0 Å². The van der Waals surface area contributed by atoms with E-state index < -0.39 is 29.8 Å². The fraction of sp³-hybridized carbons (Fsp3) is 0.0870. The normalized spacial score (nSPS) is 17.9. The van der Waals surface area contributed by atoms with Crippen LogP contribution in [0.4, 0.5) is 18.9 Å². The van der Waals surface area contributed by atoms with Crippen molar-refractivity contribution >= 4 is 39.1 Å². The predicted molar refractivity (Wildman–Crippen MR) is 116 cm³/mol. The third kappa shape index (κ3) is 4.61. The molecule has 1 fully saturated rings. The summed E-state index contributed by atoms with van der Waals surface area (Å²) in [7, 11) is 0. The third-order valence-corrected chi connectivity index (χ3v) is 5.46. The van der Waals surface area contributed by atoms with E-state index in [0.29, 0.717) is 11.1 Å². The van der Waals surface area contributed by atoms with Gasteiger partial charge in [0.05, 0.1) is 11.6 Å². The zero-order chi connectivity index (χ0) is 23.8. The van der Waals surface area contributed by atoms with Gasteiger partial charge in [-0.25, -0.2) is 0 Å². The Labute approximate surface area is 194 Å². The van der Waals surface area contributed by atoms with Crippen LogP contribution < -0.4 is 9.64 Å². The predicted octanol–water partition coefficient (Wildman–Crippen LogP) is 5.37. The van der Waals surface area contributed by atoms with Crippen LogP contribution in [0.1, 0.15) is 17.2 Å². The number of aliphatic hydroxyl groups is 1. The maximum atomic E-state index is 13.0. The number of rotatable bonds is 4. The van der Waals surface area contributed by atoms with Crippen LogP contribution in [-0.2, 0) is 9.59 Å². The number of alkyl halides is 3. The number of halogens is 4. The van der Waals surface area contributed by atoms with Gasteiger partial charge in [0.15, 0.2) is 0 Å². The van der Waals surface area contributed by atoms with Crippen molar-refractivity contribution in [2.45, 2.75) is 12.4 Å². The Hall–Kier alpha value is -3.66. The summed E-state index contributed by atoms with van der Waals surface area (Å²) in [4.78, 5) is 31.1. The molecule has 2 heterocycles. The van der Waals surface area contributed by atoms with Crippen molar-refractivity contribution in [3.05, 3.63) is 94.2 Å². The van der Waals surface area contributed by atoms with Crippen LogP contribution in [0.25, 0.3) is 5.76 Å². The molecular weight excluding hydrogens is 505 g/mol. The number of benzene rings is 2. The number of aromatic nitrogens is 1. The molecule has 1 atom stereocenters. The second kappa shape index (κ2) is 8.70. The lowest BCUT2D eigenvalue weighted by Crippen LogP contribution is -2.29. The van der Waals surface area contributed by atoms with Crippen molar-refractivity contribution in [1.29, 1.82) is 0 Å². The fourth-order valence-corrected chi connectivity index (χ4v) is 3.80. The molecule has 1 N–H and O–H groups in total. The van der Waals surface area contributed by atoms with E-state index in [2.05, 4.69) is 25.7 Å². The Morgan fingerprint density at radius 1 is 0.970 bits per heavy atom. The number of pyridine rings is 1. The summed E-state index contributed by atoms with van der Waals surface area (Å²) in [5, 5.41) is 11.0. The summed E-state index contributed by atoms with van der Waals surface area (Å²) in [5.41, 5.74) is 0.815. The van der Waals surface area contributed by atoms with E-state index in [1.54, 1.807) is 36.4 Å². The molecule has 2 aromatic carbocycles. The van der Waals surface area contributed by atoms with Crippen molar-refractivity contribution in [2.75, 3.05) is 4.90 Å². The summed E-state index contributed by atoms with van der Waals surface area (Å²) in [6, 6.07) is 13.2. The molecule has 168 valence electrons. The highest BCUT2D eigenvalue weighted by molar-refractivity contribution is 9.10. The zero-order valence-electron chi connectivity index (χ0n) is 16.6. The minimum atomic E-state index is -4.87. The minimum absolute atomic E-state index is 0.149. The number of Topliss-reactive ketones (excluding diaryl/α,β-unsaturated/α-hetero) is 1. The Balaban J connectivity index is 1.83. The lowest BCUT2D eigenvalue weighted by molar-refractivity contribution is -0.274. The van der Waals surface area contributed by atoms with Crippen molar-refractivity contribution in [3.8, 4) is 5.75 Å². The first-order valence-electron chi connectivity index (χ1n) is 9.48. The molecule has 1 aliphatic rings. The second-order valence-corrected chi connectivity index (χ2v) is 7.91. The quantitative estimate of drug-likeness (QED) is 0.285. The number of aliphatic hydroxyl groups excluding tert-OH is 1. The van der Waals surface area contributed by atoms with E-state index in [1.807, 2.05) is 0 Å². The molecule has 0 spiro atoms. The van der Waals surface area contributed by atoms with Crippen LogP contribution in [0, 0.1) is 0 Å². The molecule has 1 unspecified atom stereocenters. The molecule has 10 heteroatoms. The molecule has 0 radical (unpaired) electrons. The SMILES string of the molecule is O=C1C(=O)N(c2ccc(OC(F)(F)F)cc2)C(c2ccncc2)/C1=C(/O)c1ccc(Br)cc1. The highest BCUT2D eigenvalue weighted by Gasteiger charge is 2.47. The van der Waals surface area contributed by atoms with E-state index in [9.17, 15) is 27.9 Å². The van der Waals surface area contributed by atoms with E-state index in [1.165, 1.54) is 24.5 Å². The Kier molecular flexibility index (Phi) is 5.94. The zero-order valence-corrected chi connectivity index (χ0v) is 18.2. The Morgan fingerprint density at radius 3 is 2.15 bits per heavy atom. The molecule has 6 nitrogen and oxygen atoms in total. The van der Waals surface area contributed by atoms with E-state index in [4.69, 9.17) is 0 Å². The van der Waals surface area contributed by atoms with Gasteiger partial charge in [-0.05, 0) is 54.1 Å². The van der Waals surface area contributed by atoms with Crippen molar-refractivity contribution < 1.29 is 32.6 Å². The smallest absolute Gasteiger partial charge is 0.507 e. The van der Waals surface area contributed by atoms with Crippen molar-refractivity contribution in [2.24, 2.45) is 0 Å². The summed E-state index contributed by atoms with van der Waals surface area (Å²) in [5.74, 6) is -2.70. The van der Waals surface area contributed by atoms with Gasteiger partial charge in [0.2, 0.25) is 0 Å². The maximum absolute atomic E-state index is 13.0. The van der Waals surface area contributed by atoms with Crippen LogP contribution >= 0.6 is 15.9 Å². The van der Waals surface area contributed by atoms with E-state index >= 15 is 0 Å². The van der Waals surface area contributed by atoms with Gasteiger partial charge in [-0.15, -0.1) is 13.2 Å². The third-order valence-electron chi connectivity index (χ3n) is 4.93. The molecule has 1 saturated heterocycles. The molecular formula is C23H14BrF3N2O4. The Bertz CT molecular complexity index is 1230. The minimum Gasteiger partial charge on any atom is -0.507 e. The molecule has 1 aromatic heterocycles. The van der Waals surface area contributed by atoms with Gasteiger partial charge in [-0.2, -0.15) is 0 Å². The number of hydrogen-bond donors (Lipinski definition) is 1. The second-order valence-electron chi connectivity index (χ2n) is 7.00. The fourth-order valence-electron chi connectivity index (χ4n) is 3.53. The number of nitrogens with zero attached hydrogens (tertiary/aromatic N) is 2. The lowest BCUT2D eigenvalue weighted by atomic mass is 9.96. The van der Waals surface area contributed by atoms with Crippen molar-refractivity contribution in [1.82, 2.24) is 4.98 Å². The van der Waals surface area contributed by atoms with Gasteiger partial charge < -0.3 is 9.84 Å². The number of carbonyl (C=O) groups is 2. The number of amides is 1. The molecule has 0 aliphatic carbocycles. The topological polar surface area (TPSA) is 79.7 Å². The number of hydrogen-bond acceptors (Lipinski definition) is 5. The maximum Gasteiger partial charge on any atom is 0.573 e. The molecule has 0 saturated carbocycles. The molecule has 4 rings (SSSR count). The highest BCUT2D eigenvalue weighted by atomic mass is 79.9. The first-order chi connectivity index (χ1) is 15.7. The average Bonchev–Trinajstić information content (AvgIpc) is 3.04. The average molecular weight is 519 g/mol. The van der Waals surface area contributed by atoms with Gasteiger partial charge in [-0.1, -0.05) is 28.1 Å². The largest absolute Gasteiger partial charge is 0.573 e. The van der Waals surface area contributed by atoms with Gasteiger partial charge >= 0.3 is 6.36 Å². The van der Waals surface area contributed by atoms with Gasteiger partial charge in [0, 0.05) is 28.1 Å².